The second kappa shape index (κ2) is 6.15. The number of aryl methyl sites for hydroxylation is 1. The molecule has 0 bridgehead atoms. The summed E-state index contributed by atoms with van der Waals surface area (Å²) in [5, 5.41) is 11.2. The van der Waals surface area contributed by atoms with Crippen molar-refractivity contribution in [1.29, 1.82) is 0 Å². The van der Waals surface area contributed by atoms with Crippen LogP contribution in [0.1, 0.15) is 12.7 Å². The zero-order valence-corrected chi connectivity index (χ0v) is 12.6. The molecule has 8 heteroatoms. The van der Waals surface area contributed by atoms with E-state index in [1.165, 1.54) is 16.4 Å². The van der Waals surface area contributed by atoms with Crippen molar-refractivity contribution < 1.29 is 4.79 Å². The van der Waals surface area contributed by atoms with Crippen LogP contribution < -0.4 is 11.2 Å². The van der Waals surface area contributed by atoms with Gasteiger partial charge in [0.25, 0.3) is 0 Å². The van der Waals surface area contributed by atoms with Crippen molar-refractivity contribution >= 4 is 35.0 Å². The number of hydrogen-bond donors (Lipinski definition) is 2. The van der Waals surface area contributed by atoms with Gasteiger partial charge in [-0.25, -0.2) is 4.68 Å². The van der Waals surface area contributed by atoms with Crippen molar-refractivity contribution in [1.82, 2.24) is 14.9 Å². The van der Waals surface area contributed by atoms with Crippen molar-refractivity contribution in [2.24, 2.45) is 0 Å². The first-order valence-electron chi connectivity index (χ1n) is 5.87. The molecule has 0 saturated heterocycles. The van der Waals surface area contributed by atoms with E-state index < -0.39 is 0 Å². The van der Waals surface area contributed by atoms with Crippen molar-refractivity contribution in [3.05, 3.63) is 35.1 Å². The normalized spacial score (nSPS) is 12.2. The zero-order valence-electron chi connectivity index (χ0n) is 11.0. The van der Waals surface area contributed by atoms with Crippen LogP contribution in [0.3, 0.4) is 0 Å². The van der Waals surface area contributed by atoms with Crippen LogP contribution in [0.2, 0.25) is 5.02 Å². The van der Waals surface area contributed by atoms with Gasteiger partial charge in [0.05, 0.1) is 5.25 Å². The Bertz CT molecular complexity index is 630. The van der Waals surface area contributed by atoms with E-state index in [0.29, 0.717) is 21.7 Å². The number of nitrogens with zero attached hydrogens (tertiary/aromatic N) is 3. The van der Waals surface area contributed by atoms with Gasteiger partial charge in [-0.3, -0.25) is 4.79 Å². The number of nitrogens with one attached hydrogen (secondary N) is 1. The molecule has 2 rings (SSSR count). The van der Waals surface area contributed by atoms with Gasteiger partial charge in [-0.05, 0) is 32.0 Å². The Morgan fingerprint density at radius 2 is 2.25 bits per heavy atom. The van der Waals surface area contributed by atoms with Gasteiger partial charge >= 0.3 is 0 Å². The maximum Gasteiger partial charge on any atom is 0.237 e. The number of hydrogen-bond acceptors (Lipinski definition) is 5. The number of carbonyl (C=O) groups excluding carboxylic acids is 1. The smallest absolute Gasteiger partial charge is 0.237 e. The quantitative estimate of drug-likeness (QED) is 0.667. The topological polar surface area (TPSA) is 85.8 Å². The second-order valence-electron chi connectivity index (χ2n) is 4.16. The van der Waals surface area contributed by atoms with Crippen LogP contribution in [-0.4, -0.2) is 26.0 Å². The lowest BCUT2D eigenvalue weighted by atomic mass is 10.3. The number of thioether (sulfide) groups is 1. The first kappa shape index (κ1) is 14.7. The van der Waals surface area contributed by atoms with Gasteiger partial charge in [-0.1, -0.05) is 29.4 Å². The minimum Gasteiger partial charge on any atom is -0.336 e. The maximum atomic E-state index is 12.1. The second-order valence-corrected chi connectivity index (χ2v) is 5.90. The van der Waals surface area contributed by atoms with E-state index in [4.69, 9.17) is 17.4 Å². The number of halogens is 1. The average molecular weight is 312 g/mol. The Balaban J connectivity index is 2.00. The Labute approximate surface area is 125 Å². The number of carbonyl (C=O) groups is 1. The summed E-state index contributed by atoms with van der Waals surface area (Å²) in [5.41, 5.74) is 0.653. The van der Waals surface area contributed by atoms with Crippen LogP contribution in [0.5, 0.6) is 0 Å². The van der Waals surface area contributed by atoms with Crippen LogP contribution in [0.15, 0.2) is 29.4 Å². The molecule has 0 aliphatic carbocycles. The summed E-state index contributed by atoms with van der Waals surface area (Å²) in [7, 11) is 0. The molecule has 0 spiro atoms. The average Bonchev–Trinajstić information content (AvgIpc) is 2.70. The first-order chi connectivity index (χ1) is 9.47. The molecule has 0 radical (unpaired) electrons. The third kappa shape index (κ3) is 3.43. The molecular formula is C12H14ClN5OS. The van der Waals surface area contributed by atoms with Crippen LogP contribution in [0.4, 0.5) is 5.69 Å². The van der Waals surface area contributed by atoms with E-state index in [1.807, 2.05) is 0 Å². The monoisotopic (exact) mass is 311 g/mol. The summed E-state index contributed by atoms with van der Waals surface area (Å²) >= 11 is 7.11. The number of amides is 1. The van der Waals surface area contributed by atoms with Crippen molar-refractivity contribution in [2.45, 2.75) is 24.3 Å². The van der Waals surface area contributed by atoms with Crippen molar-refractivity contribution in [2.75, 3.05) is 11.2 Å². The number of anilines is 1. The van der Waals surface area contributed by atoms with E-state index in [1.54, 1.807) is 38.1 Å². The fourth-order valence-corrected chi connectivity index (χ4v) is 2.46. The fourth-order valence-electron chi connectivity index (χ4n) is 1.45. The van der Waals surface area contributed by atoms with Crippen molar-refractivity contribution in [3.63, 3.8) is 0 Å². The molecule has 1 aromatic heterocycles. The number of nitrogen functional groups attached to an aromatic ring is 1. The third-order valence-corrected chi connectivity index (χ3v) is 3.87. The van der Waals surface area contributed by atoms with E-state index in [9.17, 15) is 4.79 Å². The molecular weight excluding hydrogens is 298 g/mol. The SMILES string of the molecule is Cc1nnc(S[C@H](C)C(=O)Nc2cccc(Cl)c2)n1N. The summed E-state index contributed by atoms with van der Waals surface area (Å²) in [6.45, 7) is 3.52. The number of benzene rings is 1. The van der Waals surface area contributed by atoms with E-state index in [0.717, 1.165) is 0 Å². The largest absolute Gasteiger partial charge is 0.336 e. The summed E-state index contributed by atoms with van der Waals surface area (Å²) in [5.74, 6) is 6.18. The lowest BCUT2D eigenvalue weighted by Gasteiger charge is -2.11. The number of nitrogens with two attached hydrogens (primary N) is 1. The lowest BCUT2D eigenvalue weighted by Crippen LogP contribution is -2.23. The molecule has 3 N–H and O–H groups in total. The summed E-state index contributed by atoms with van der Waals surface area (Å²) < 4.78 is 1.35. The highest BCUT2D eigenvalue weighted by atomic mass is 35.5. The lowest BCUT2D eigenvalue weighted by molar-refractivity contribution is -0.115. The van der Waals surface area contributed by atoms with Gasteiger partial charge in [-0.15, -0.1) is 10.2 Å². The van der Waals surface area contributed by atoms with E-state index in [2.05, 4.69) is 15.5 Å². The van der Waals surface area contributed by atoms with Crippen LogP contribution in [0, 0.1) is 6.92 Å². The molecule has 0 fully saturated rings. The predicted molar refractivity (Wildman–Crippen MR) is 80.3 cm³/mol. The molecule has 1 amide bonds. The Hall–Kier alpha value is -1.73. The standard InChI is InChI=1S/C12H14ClN5OS/c1-7(20-12-17-16-8(2)18(12)14)11(19)15-10-5-3-4-9(13)6-10/h3-7H,14H2,1-2H3,(H,15,19)/t7-/m1/s1. The number of rotatable bonds is 4. The molecule has 0 unspecified atom stereocenters. The van der Waals surface area contributed by atoms with Crippen LogP contribution in [0.25, 0.3) is 0 Å². The molecule has 1 aromatic carbocycles. The Morgan fingerprint density at radius 1 is 1.50 bits per heavy atom. The predicted octanol–water partition coefficient (Wildman–Crippen LogP) is 2.07. The highest BCUT2D eigenvalue weighted by Gasteiger charge is 2.18. The van der Waals surface area contributed by atoms with Crippen LogP contribution >= 0.6 is 23.4 Å². The van der Waals surface area contributed by atoms with Gasteiger partial charge in [0, 0.05) is 10.7 Å². The Morgan fingerprint density at radius 3 is 2.85 bits per heavy atom. The highest BCUT2D eigenvalue weighted by Crippen LogP contribution is 2.22. The molecule has 20 heavy (non-hydrogen) atoms. The zero-order chi connectivity index (χ0) is 14.7. The third-order valence-electron chi connectivity index (χ3n) is 2.58. The molecule has 2 aromatic rings. The van der Waals surface area contributed by atoms with E-state index in [-0.39, 0.29) is 11.2 Å². The molecule has 0 aliphatic heterocycles. The molecule has 1 atom stereocenters. The van der Waals surface area contributed by atoms with Crippen molar-refractivity contribution in [3.8, 4) is 0 Å². The maximum absolute atomic E-state index is 12.1. The minimum atomic E-state index is -0.361. The molecule has 1 heterocycles. The summed E-state index contributed by atoms with van der Waals surface area (Å²) in [6, 6.07) is 6.98. The van der Waals surface area contributed by atoms with Gasteiger partial charge in [0.1, 0.15) is 5.82 Å². The fraction of sp³-hybridized carbons (Fsp3) is 0.250. The van der Waals surface area contributed by atoms with Gasteiger partial charge < -0.3 is 11.2 Å². The van der Waals surface area contributed by atoms with Gasteiger partial charge in [0.2, 0.25) is 11.1 Å². The van der Waals surface area contributed by atoms with E-state index >= 15 is 0 Å². The molecule has 6 nitrogen and oxygen atoms in total. The van der Waals surface area contributed by atoms with Gasteiger partial charge in [0.15, 0.2) is 0 Å². The minimum absolute atomic E-state index is 0.155. The molecule has 0 saturated carbocycles. The first-order valence-corrected chi connectivity index (χ1v) is 7.13. The van der Waals surface area contributed by atoms with Crippen LogP contribution in [-0.2, 0) is 4.79 Å². The summed E-state index contributed by atoms with van der Waals surface area (Å²) in [6.07, 6.45) is 0. The Kier molecular flexibility index (Phi) is 4.51. The number of aromatic nitrogens is 3. The highest BCUT2D eigenvalue weighted by molar-refractivity contribution is 8.00. The summed E-state index contributed by atoms with van der Waals surface area (Å²) in [4.78, 5) is 12.1. The van der Waals surface area contributed by atoms with Gasteiger partial charge in [-0.2, -0.15) is 0 Å². The molecule has 0 aliphatic rings. The molecule has 106 valence electrons.